The van der Waals surface area contributed by atoms with Crippen molar-refractivity contribution in [3.63, 3.8) is 0 Å². The zero-order valence-electron chi connectivity index (χ0n) is 33.4. The van der Waals surface area contributed by atoms with Crippen molar-refractivity contribution < 1.29 is 9.59 Å². The molecule has 1 rings (SSSR count). The second-order valence-corrected chi connectivity index (χ2v) is 17.0. The van der Waals surface area contributed by atoms with Crippen molar-refractivity contribution in [3.8, 4) is 0 Å². The number of Topliss-reactive ketones (excluding diaryl/α,β-unsaturated/α-hetero) is 1. The molecule has 1 N–H and O–H groups in total. The zero-order chi connectivity index (χ0) is 34.9. The van der Waals surface area contributed by atoms with E-state index in [2.05, 4.69) is 33.0 Å². The van der Waals surface area contributed by atoms with Crippen LogP contribution in [0.2, 0.25) is 0 Å². The Hall–Kier alpha value is -0.860. The minimum absolute atomic E-state index is 0.222. The van der Waals surface area contributed by atoms with Crippen LogP contribution in [-0.2, 0) is 9.59 Å². The molecular weight excluding hydrogens is 587 g/mol. The van der Waals surface area contributed by atoms with Crippen molar-refractivity contribution in [2.45, 2.75) is 258 Å². The van der Waals surface area contributed by atoms with E-state index in [9.17, 15) is 9.59 Å². The minimum Gasteiger partial charge on any atom is -0.353 e. The molecule has 1 saturated carbocycles. The smallest absolute Gasteiger partial charge is 0.220 e. The van der Waals surface area contributed by atoms with Gasteiger partial charge in [-0.1, -0.05) is 207 Å². The highest BCUT2D eigenvalue weighted by molar-refractivity contribution is 5.79. The lowest BCUT2D eigenvalue weighted by molar-refractivity contribution is -0.124. The van der Waals surface area contributed by atoms with Crippen molar-refractivity contribution in [1.29, 1.82) is 0 Å². The Morgan fingerprint density at radius 1 is 0.458 bits per heavy atom. The molecule has 2 atom stereocenters. The molecule has 1 amide bonds. The van der Waals surface area contributed by atoms with Gasteiger partial charge in [0.05, 0.1) is 0 Å². The average Bonchev–Trinajstić information content (AvgIpc) is 3.05. The van der Waals surface area contributed by atoms with Crippen LogP contribution < -0.4 is 5.32 Å². The molecule has 0 saturated heterocycles. The first-order chi connectivity index (χ1) is 23.4. The summed E-state index contributed by atoms with van der Waals surface area (Å²) in [7, 11) is 0. The van der Waals surface area contributed by atoms with Gasteiger partial charge in [0, 0.05) is 25.3 Å². The van der Waals surface area contributed by atoms with Crippen molar-refractivity contribution in [1.82, 2.24) is 5.32 Å². The summed E-state index contributed by atoms with van der Waals surface area (Å²) in [5.41, 5.74) is 0. The highest BCUT2D eigenvalue weighted by Gasteiger charge is 2.28. The fraction of sp³-hybridized carbons (Fsp3) is 0.956. The summed E-state index contributed by atoms with van der Waals surface area (Å²) >= 11 is 0. The number of nitrogens with one attached hydrogen (secondary N) is 1. The summed E-state index contributed by atoms with van der Waals surface area (Å²) in [5, 5.41) is 3.36. The van der Waals surface area contributed by atoms with Gasteiger partial charge in [-0.05, 0) is 43.4 Å². The Morgan fingerprint density at radius 3 is 1.19 bits per heavy atom. The van der Waals surface area contributed by atoms with Gasteiger partial charge in [0.2, 0.25) is 5.91 Å². The van der Waals surface area contributed by atoms with Gasteiger partial charge < -0.3 is 5.32 Å². The van der Waals surface area contributed by atoms with Gasteiger partial charge in [0.1, 0.15) is 5.78 Å². The molecule has 0 aliphatic heterocycles. The van der Waals surface area contributed by atoms with Crippen LogP contribution in [0.25, 0.3) is 0 Å². The Balaban J connectivity index is 1.95. The molecule has 1 fully saturated rings. The number of amides is 1. The number of rotatable bonds is 35. The van der Waals surface area contributed by atoms with Crippen molar-refractivity contribution >= 4 is 11.7 Å². The quantitative estimate of drug-likeness (QED) is 0.0681. The first-order valence-corrected chi connectivity index (χ1v) is 22.2. The van der Waals surface area contributed by atoms with E-state index >= 15 is 0 Å². The molecule has 48 heavy (non-hydrogen) atoms. The number of carbonyl (C=O) groups is 2. The van der Waals surface area contributed by atoms with E-state index in [1.54, 1.807) is 0 Å². The van der Waals surface area contributed by atoms with Gasteiger partial charge in [-0.15, -0.1) is 0 Å². The fourth-order valence-corrected chi connectivity index (χ4v) is 7.92. The first kappa shape index (κ1) is 45.2. The van der Waals surface area contributed by atoms with Crippen LogP contribution in [0.1, 0.15) is 252 Å². The lowest BCUT2D eigenvalue weighted by Crippen LogP contribution is -2.42. The fourth-order valence-electron chi connectivity index (χ4n) is 7.92. The molecule has 1 aliphatic carbocycles. The van der Waals surface area contributed by atoms with Crippen molar-refractivity contribution in [2.75, 3.05) is 0 Å². The normalized spacial score (nSPS) is 16.6. The average molecular weight is 674 g/mol. The molecular formula is C45H87NO2. The Labute approximate surface area is 302 Å². The third-order valence-corrected chi connectivity index (χ3v) is 11.2. The minimum atomic E-state index is 0.222. The summed E-state index contributed by atoms with van der Waals surface area (Å²) in [6.45, 7) is 9.32. The zero-order valence-corrected chi connectivity index (χ0v) is 33.4. The second kappa shape index (κ2) is 33.3. The number of carbonyl (C=O) groups excluding carboxylic acids is 2. The van der Waals surface area contributed by atoms with Gasteiger partial charge in [0.15, 0.2) is 0 Å². The molecule has 0 heterocycles. The first-order valence-electron chi connectivity index (χ1n) is 22.2. The van der Waals surface area contributed by atoms with Crippen LogP contribution in [0.5, 0.6) is 0 Å². The molecule has 0 unspecified atom stereocenters. The van der Waals surface area contributed by atoms with Crippen molar-refractivity contribution in [2.24, 2.45) is 17.8 Å². The van der Waals surface area contributed by atoms with Crippen LogP contribution in [0.15, 0.2) is 0 Å². The third-order valence-electron chi connectivity index (χ3n) is 11.2. The van der Waals surface area contributed by atoms with E-state index in [-0.39, 0.29) is 11.9 Å². The van der Waals surface area contributed by atoms with Crippen molar-refractivity contribution in [3.05, 3.63) is 0 Å². The summed E-state index contributed by atoms with van der Waals surface area (Å²) in [6, 6.07) is 0.222. The monoisotopic (exact) mass is 674 g/mol. The molecule has 3 nitrogen and oxygen atoms in total. The summed E-state index contributed by atoms with van der Waals surface area (Å²) in [6.07, 6.45) is 44.5. The molecule has 0 radical (unpaired) electrons. The van der Waals surface area contributed by atoms with Crippen LogP contribution >= 0.6 is 0 Å². The molecule has 284 valence electrons. The van der Waals surface area contributed by atoms with Gasteiger partial charge >= 0.3 is 0 Å². The predicted molar refractivity (Wildman–Crippen MR) is 212 cm³/mol. The molecule has 3 heteroatoms. The van der Waals surface area contributed by atoms with Gasteiger partial charge in [-0.2, -0.15) is 0 Å². The van der Waals surface area contributed by atoms with Gasteiger partial charge in [0.25, 0.3) is 0 Å². The van der Waals surface area contributed by atoms with Gasteiger partial charge in [-0.25, -0.2) is 0 Å². The maximum absolute atomic E-state index is 12.8. The lowest BCUT2D eigenvalue weighted by Gasteiger charge is -2.32. The largest absolute Gasteiger partial charge is 0.353 e. The van der Waals surface area contributed by atoms with E-state index < -0.39 is 0 Å². The predicted octanol–water partition coefficient (Wildman–Crippen LogP) is 14.6. The van der Waals surface area contributed by atoms with E-state index in [4.69, 9.17) is 0 Å². The highest BCUT2D eigenvalue weighted by atomic mass is 16.1. The van der Waals surface area contributed by atoms with E-state index in [1.807, 2.05) is 0 Å². The summed E-state index contributed by atoms with van der Waals surface area (Å²) in [5.74, 6) is 2.74. The van der Waals surface area contributed by atoms with E-state index in [1.165, 1.54) is 180 Å². The molecule has 0 bridgehead atoms. The third kappa shape index (κ3) is 30.0. The van der Waals surface area contributed by atoms with Crippen LogP contribution in [-0.4, -0.2) is 17.7 Å². The van der Waals surface area contributed by atoms with E-state index in [0.717, 1.165) is 43.9 Å². The molecule has 0 aromatic heterocycles. The van der Waals surface area contributed by atoms with Crippen LogP contribution in [0, 0.1) is 17.8 Å². The maximum Gasteiger partial charge on any atom is 0.220 e. The molecule has 0 spiro atoms. The molecule has 1 aliphatic rings. The number of hydrogen-bond donors (Lipinski definition) is 1. The van der Waals surface area contributed by atoms with Gasteiger partial charge in [-0.3, -0.25) is 9.59 Å². The number of hydrogen-bond acceptors (Lipinski definition) is 2. The molecule has 0 aromatic rings. The summed E-state index contributed by atoms with van der Waals surface area (Å²) < 4.78 is 0. The Kier molecular flexibility index (Phi) is 31.3. The van der Waals surface area contributed by atoms with E-state index in [0.29, 0.717) is 24.5 Å². The number of ketones is 1. The Bertz CT molecular complexity index is 656. The highest BCUT2D eigenvalue weighted by Crippen LogP contribution is 2.28. The maximum atomic E-state index is 12.8. The second-order valence-electron chi connectivity index (χ2n) is 17.0. The molecule has 0 aromatic carbocycles. The standard InChI is InChI=1S/C45H87NO2/c1-40(2)33-27-23-19-15-11-7-5-9-13-17-21-25-29-36-43(47)39-42-35-31-32-37-44(42)46-45(48)38-30-26-22-18-14-10-6-8-12-16-20-24-28-34-41(3)4/h40-42,44H,5-39H2,1-4H3,(H,46,48)/t42-,44-/m0/s1. The SMILES string of the molecule is CC(C)CCCCCCCCCCCCCCCC(=O)C[C@@H]1CCCC[C@@H]1NC(=O)CCCCCCCCCCCCCCCC(C)C. The van der Waals surface area contributed by atoms with Crippen LogP contribution in [0.3, 0.4) is 0 Å². The topological polar surface area (TPSA) is 46.2 Å². The van der Waals surface area contributed by atoms with Crippen LogP contribution in [0.4, 0.5) is 0 Å². The number of unbranched alkanes of at least 4 members (excludes halogenated alkanes) is 24. The Morgan fingerprint density at radius 2 is 0.792 bits per heavy atom. The summed E-state index contributed by atoms with van der Waals surface area (Å²) in [4.78, 5) is 25.5. The lowest BCUT2D eigenvalue weighted by atomic mass is 9.80.